The Labute approximate surface area is 170 Å². The lowest BCUT2D eigenvalue weighted by molar-refractivity contribution is -0.384. The minimum Gasteiger partial charge on any atom is -0.478 e. The second-order valence-corrected chi connectivity index (χ2v) is 6.18. The fourth-order valence-electron chi connectivity index (χ4n) is 2.64. The second kappa shape index (κ2) is 8.65. The van der Waals surface area contributed by atoms with E-state index < -0.39 is 22.7 Å². The van der Waals surface area contributed by atoms with Gasteiger partial charge in [-0.25, -0.2) is 4.79 Å². The predicted octanol–water partition coefficient (Wildman–Crippen LogP) is 3.80. The first-order chi connectivity index (χ1) is 14.3. The van der Waals surface area contributed by atoms with E-state index >= 15 is 0 Å². The molecule has 9 heteroatoms. The van der Waals surface area contributed by atoms with Crippen LogP contribution in [0.5, 0.6) is 0 Å². The molecule has 0 aliphatic carbocycles. The molecule has 0 radical (unpaired) electrons. The van der Waals surface area contributed by atoms with Gasteiger partial charge in [0.25, 0.3) is 17.5 Å². The number of nitrogens with one attached hydrogen (secondary N) is 2. The van der Waals surface area contributed by atoms with E-state index in [0.29, 0.717) is 11.4 Å². The monoisotopic (exact) mass is 405 g/mol. The van der Waals surface area contributed by atoms with Gasteiger partial charge in [-0.2, -0.15) is 0 Å². The van der Waals surface area contributed by atoms with E-state index in [0.717, 1.165) is 6.07 Å². The molecule has 0 spiro atoms. The number of carbonyl (C=O) groups excluding carboxylic acids is 2. The van der Waals surface area contributed by atoms with Crippen LogP contribution in [0.3, 0.4) is 0 Å². The molecule has 2 amide bonds. The second-order valence-electron chi connectivity index (χ2n) is 6.18. The van der Waals surface area contributed by atoms with Crippen LogP contribution in [-0.4, -0.2) is 27.8 Å². The zero-order valence-electron chi connectivity index (χ0n) is 15.4. The van der Waals surface area contributed by atoms with Gasteiger partial charge in [0.1, 0.15) is 0 Å². The maximum absolute atomic E-state index is 12.5. The predicted molar refractivity (Wildman–Crippen MR) is 109 cm³/mol. The largest absolute Gasteiger partial charge is 0.478 e. The molecule has 3 rings (SSSR count). The number of rotatable bonds is 6. The minimum atomic E-state index is -1.11. The third-order valence-electron chi connectivity index (χ3n) is 4.07. The van der Waals surface area contributed by atoms with E-state index in [9.17, 15) is 24.5 Å². The molecule has 150 valence electrons. The Balaban J connectivity index is 1.74. The first-order valence-electron chi connectivity index (χ1n) is 8.64. The molecule has 0 fully saturated rings. The number of anilines is 2. The van der Waals surface area contributed by atoms with Gasteiger partial charge in [0.15, 0.2) is 0 Å². The van der Waals surface area contributed by atoms with Crippen molar-refractivity contribution in [3.63, 3.8) is 0 Å². The lowest BCUT2D eigenvalue weighted by atomic mass is 10.1. The molecule has 3 aromatic carbocycles. The number of benzene rings is 3. The van der Waals surface area contributed by atoms with Crippen molar-refractivity contribution in [1.29, 1.82) is 0 Å². The summed E-state index contributed by atoms with van der Waals surface area (Å²) in [5.41, 5.74) is 0.784. The molecule has 0 aliphatic heterocycles. The van der Waals surface area contributed by atoms with E-state index in [1.165, 1.54) is 48.5 Å². The lowest BCUT2D eigenvalue weighted by Gasteiger charge is -2.09. The number of nitrogens with zero attached hydrogens (tertiary/aromatic N) is 1. The van der Waals surface area contributed by atoms with Crippen LogP contribution in [0.2, 0.25) is 0 Å². The Morgan fingerprint density at radius 1 is 0.733 bits per heavy atom. The number of amides is 2. The average Bonchev–Trinajstić information content (AvgIpc) is 2.74. The molecule has 0 heterocycles. The molecule has 0 unspecified atom stereocenters. The SMILES string of the molecule is O=C(O)c1cccc(NC(=O)c2cccc(NC(=O)c3cccc([N+](=O)[O-])c3)c2)c1. The number of hydrogen-bond acceptors (Lipinski definition) is 5. The Morgan fingerprint density at radius 3 is 1.73 bits per heavy atom. The molecule has 0 bridgehead atoms. The van der Waals surface area contributed by atoms with Gasteiger partial charge in [-0.05, 0) is 42.5 Å². The summed E-state index contributed by atoms with van der Waals surface area (Å²) in [4.78, 5) is 46.2. The van der Waals surface area contributed by atoms with Crippen LogP contribution < -0.4 is 10.6 Å². The first kappa shape index (κ1) is 20.2. The van der Waals surface area contributed by atoms with Crippen molar-refractivity contribution in [2.24, 2.45) is 0 Å². The summed E-state index contributed by atoms with van der Waals surface area (Å²) >= 11 is 0. The van der Waals surface area contributed by atoms with Crippen LogP contribution in [0.15, 0.2) is 72.8 Å². The summed E-state index contributed by atoms with van der Waals surface area (Å²) in [5, 5.41) is 25.1. The number of aromatic carboxylic acids is 1. The molecule has 0 aromatic heterocycles. The van der Waals surface area contributed by atoms with E-state index in [1.807, 2.05) is 0 Å². The third kappa shape index (κ3) is 4.84. The zero-order chi connectivity index (χ0) is 21.7. The van der Waals surface area contributed by atoms with Gasteiger partial charge in [-0.1, -0.05) is 18.2 Å². The smallest absolute Gasteiger partial charge is 0.335 e. The summed E-state index contributed by atoms with van der Waals surface area (Å²) < 4.78 is 0. The molecule has 0 saturated heterocycles. The summed E-state index contributed by atoms with van der Waals surface area (Å²) in [6, 6.07) is 17.2. The van der Waals surface area contributed by atoms with Crippen LogP contribution >= 0.6 is 0 Å². The molecule has 3 aromatic rings. The summed E-state index contributed by atoms with van der Waals surface area (Å²) in [7, 11) is 0. The van der Waals surface area contributed by atoms with Gasteiger partial charge >= 0.3 is 5.97 Å². The first-order valence-corrected chi connectivity index (χ1v) is 8.64. The zero-order valence-corrected chi connectivity index (χ0v) is 15.4. The highest BCUT2D eigenvalue weighted by Crippen LogP contribution is 2.18. The standard InChI is InChI=1S/C21H15N3O6/c25-19(23-17-8-2-6-15(11-17)21(27)28)13-4-1-7-16(10-13)22-20(26)14-5-3-9-18(12-14)24(29)30/h1-12H,(H,22,26)(H,23,25)(H,27,28). The summed E-state index contributed by atoms with van der Waals surface area (Å²) in [6.45, 7) is 0. The maximum Gasteiger partial charge on any atom is 0.335 e. The Morgan fingerprint density at radius 2 is 1.20 bits per heavy atom. The highest BCUT2D eigenvalue weighted by molar-refractivity contribution is 6.07. The van der Waals surface area contributed by atoms with Crippen molar-refractivity contribution in [2.45, 2.75) is 0 Å². The molecule has 3 N–H and O–H groups in total. The van der Waals surface area contributed by atoms with Crippen molar-refractivity contribution in [3.8, 4) is 0 Å². The van der Waals surface area contributed by atoms with Gasteiger partial charge in [0.05, 0.1) is 10.5 Å². The van der Waals surface area contributed by atoms with Gasteiger partial charge in [-0.3, -0.25) is 19.7 Å². The number of carboxylic acids is 1. The number of non-ortho nitro benzene ring substituents is 1. The number of nitro benzene ring substituents is 1. The van der Waals surface area contributed by atoms with Crippen LogP contribution in [0, 0.1) is 10.1 Å². The number of nitro groups is 1. The topological polar surface area (TPSA) is 139 Å². The van der Waals surface area contributed by atoms with E-state index in [2.05, 4.69) is 10.6 Å². The van der Waals surface area contributed by atoms with Gasteiger partial charge in [-0.15, -0.1) is 0 Å². The Bertz CT molecular complexity index is 1160. The van der Waals surface area contributed by atoms with E-state index in [4.69, 9.17) is 5.11 Å². The molecule has 9 nitrogen and oxygen atoms in total. The average molecular weight is 405 g/mol. The lowest BCUT2D eigenvalue weighted by Crippen LogP contribution is -2.15. The fraction of sp³-hybridized carbons (Fsp3) is 0. The van der Waals surface area contributed by atoms with Crippen LogP contribution in [0.25, 0.3) is 0 Å². The Hall–Kier alpha value is -4.53. The number of hydrogen-bond donors (Lipinski definition) is 3. The number of carbonyl (C=O) groups is 3. The van der Waals surface area contributed by atoms with Gasteiger partial charge in [0, 0.05) is 34.6 Å². The van der Waals surface area contributed by atoms with Crippen LogP contribution in [0.4, 0.5) is 17.1 Å². The highest BCUT2D eigenvalue weighted by atomic mass is 16.6. The van der Waals surface area contributed by atoms with Crippen LogP contribution in [-0.2, 0) is 0 Å². The molecule has 30 heavy (non-hydrogen) atoms. The normalized spacial score (nSPS) is 10.1. The van der Waals surface area contributed by atoms with Gasteiger partial charge in [0.2, 0.25) is 0 Å². The van der Waals surface area contributed by atoms with Crippen LogP contribution in [0.1, 0.15) is 31.1 Å². The molecular formula is C21H15N3O6. The van der Waals surface area contributed by atoms with Crippen molar-refractivity contribution in [3.05, 3.63) is 99.6 Å². The molecule has 0 saturated carbocycles. The highest BCUT2D eigenvalue weighted by Gasteiger charge is 2.13. The molecule has 0 aliphatic rings. The number of carboxylic acid groups (broad SMARTS) is 1. The van der Waals surface area contributed by atoms with Crippen molar-refractivity contribution in [2.75, 3.05) is 10.6 Å². The van der Waals surface area contributed by atoms with Crippen molar-refractivity contribution in [1.82, 2.24) is 0 Å². The summed E-state index contributed by atoms with van der Waals surface area (Å²) in [6.07, 6.45) is 0. The van der Waals surface area contributed by atoms with Gasteiger partial charge < -0.3 is 15.7 Å². The summed E-state index contributed by atoms with van der Waals surface area (Å²) in [5.74, 6) is -2.17. The van der Waals surface area contributed by atoms with Crippen molar-refractivity contribution >= 4 is 34.8 Å². The third-order valence-corrected chi connectivity index (χ3v) is 4.07. The fourth-order valence-corrected chi connectivity index (χ4v) is 2.64. The minimum absolute atomic E-state index is 0.0331. The molecular weight excluding hydrogens is 390 g/mol. The van der Waals surface area contributed by atoms with Crippen molar-refractivity contribution < 1.29 is 24.4 Å². The molecule has 0 atom stereocenters. The Kier molecular flexibility index (Phi) is 5.83. The van der Waals surface area contributed by atoms with E-state index in [1.54, 1.807) is 18.2 Å². The van der Waals surface area contributed by atoms with E-state index in [-0.39, 0.29) is 22.4 Å². The maximum atomic E-state index is 12.5. The quantitative estimate of drug-likeness (QED) is 0.421.